The third kappa shape index (κ3) is 6.17. The fraction of sp³-hybridized carbons (Fsp3) is 0.250. The molecule has 0 aliphatic rings. The van der Waals surface area contributed by atoms with Gasteiger partial charge in [0.15, 0.2) is 0 Å². The first-order valence-electron chi connectivity index (χ1n) is 3.96. The molecule has 0 radical (unpaired) electrons. The summed E-state index contributed by atoms with van der Waals surface area (Å²) in [6.45, 7) is 0. The van der Waals surface area contributed by atoms with Crippen LogP contribution in [0.3, 0.4) is 0 Å². The van der Waals surface area contributed by atoms with Crippen LogP contribution in [0.15, 0.2) is 16.3 Å². The topological polar surface area (TPSA) is 87.2 Å². The second kappa shape index (κ2) is 6.50. The number of carboxylic acids is 1. The standard InChI is InChI=1S/C6H8N2S2.C2HF3O2/c1-9-5-3-2-4(10-5)6(7)8;3-2(4,5)1(6)7/h2-3H,1H3,(H3,7,8);(H,6,7). The van der Waals surface area contributed by atoms with Crippen molar-refractivity contribution in [2.24, 2.45) is 5.73 Å². The van der Waals surface area contributed by atoms with Gasteiger partial charge in [0.05, 0.1) is 9.09 Å². The van der Waals surface area contributed by atoms with Gasteiger partial charge in [-0.05, 0) is 18.4 Å². The molecule has 4 nitrogen and oxygen atoms in total. The Kier molecular flexibility index (Phi) is 6.03. The summed E-state index contributed by atoms with van der Waals surface area (Å²) in [5.74, 6) is -2.60. The lowest BCUT2D eigenvalue weighted by atomic mass is 10.4. The highest BCUT2D eigenvalue weighted by Crippen LogP contribution is 2.24. The van der Waals surface area contributed by atoms with Gasteiger partial charge in [-0.2, -0.15) is 13.2 Å². The maximum absolute atomic E-state index is 10.6. The van der Waals surface area contributed by atoms with Gasteiger partial charge in [-0.15, -0.1) is 23.1 Å². The van der Waals surface area contributed by atoms with Crippen LogP contribution in [0.2, 0.25) is 0 Å². The summed E-state index contributed by atoms with van der Waals surface area (Å²) in [5.41, 5.74) is 5.27. The highest BCUT2D eigenvalue weighted by molar-refractivity contribution is 8.00. The van der Waals surface area contributed by atoms with Gasteiger partial charge in [0.25, 0.3) is 0 Å². The average molecular weight is 286 g/mol. The van der Waals surface area contributed by atoms with E-state index in [4.69, 9.17) is 21.0 Å². The molecule has 0 bridgehead atoms. The Morgan fingerprint density at radius 2 is 2.00 bits per heavy atom. The third-order valence-corrected chi connectivity index (χ3v) is 3.49. The van der Waals surface area contributed by atoms with Gasteiger partial charge >= 0.3 is 12.1 Å². The minimum Gasteiger partial charge on any atom is -0.475 e. The smallest absolute Gasteiger partial charge is 0.475 e. The number of nitrogen functional groups attached to an aromatic ring is 1. The lowest BCUT2D eigenvalue weighted by molar-refractivity contribution is -0.192. The highest BCUT2D eigenvalue weighted by atomic mass is 32.2. The number of hydrogen-bond acceptors (Lipinski definition) is 4. The first-order chi connectivity index (χ1) is 7.68. The largest absolute Gasteiger partial charge is 0.490 e. The Bertz CT molecular complexity index is 404. The van der Waals surface area contributed by atoms with Crippen LogP contribution in [0.25, 0.3) is 0 Å². The van der Waals surface area contributed by atoms with Gasteiger partial charge in [-0.3, -0.25) is 5.41 Å². The van der Waals surface area contributed by atoms with E-state index >= 15 is 0 Å². The molecule has 0 fully saturated rings. The van der Waals surface area contributed by atoms with Crippen LogP contribution >= 0.6 is 23.1 Å². The van der Waals surface area contributed by atoms with Gasteiger partial charge in [0, 0.05) is 0 Å². The maximum Gasteiger partial charge on any atom is 0.490 e. The molecule has 17 heavy (non-hydrogen) atoms. The number of thioether (sulfide) groups is 1. The first kappa shape index (κ1) is 15.8. The summed E-state index contributed by atoms with van der Waals surface area (Å²) < 4.78 is 32.9. The average Bonchev–Trinajstić information content (AvgIpc) is 2.65. The van der Waals surface area contributed by atoms with Crippen molar-refractivity contribution in [1.82, 2.24) is 0 Å². The molecule has 1 aromatic heterocycles. The number of thiophene rings is 1. The number of nitrogens with two attached hydrogens (primary N) is 1. The normalized spacial score (nSPS) is 10.4. The van der Waals surface area contributed by atoms with Crippen molar-refractivity contribution < 1.29 is 23.1 Å². The Labute approximate surface area is 103 Å². The molecule has 0 aliphatic carbocycles. The van der Waals surface area contributed by atoms with Crippen LogP contribution < -0.4 is 5.73 Å². The van der Waals surface area contributed by atoms with Crippen molar-refractivity contribution in [3.8, 4) is 0 Å². The second-order valence-corrected chi connectivity index (χ2v) is 4.73. The molecule has 96 valence electrons. The van der Waals surface area contributed by atoms with Crippen LogP contribution in [0.5, 0.6) is 0 Å². The van der Waals surface area contributed by atoms with Crippen molar-refractivity contribution in [3.05, 3.63) is 17.0 Å². The molecule has 0 amide bonds. The third-order valence-electron chi connectivity index (χ3n) is 1.29. The van der Waals surface area contributed by atoms with Crippen LogP contribution in [0, 0.1) is 5.41 Å². The lowest BCUT2D eigenvalue weighted by Crippen LogP contribution is -2.21. The van der Waals surface area contributed by atoms with Crippen molar-refractivity contribution >= 4 is 34.9 Å². The highest BCUT2D eigenvalue weighted by Gasteiger charge is 2.38. The van der Waals surface area contributed by atoms with Gasteiger partial charge in [0.2, 0.25) is 0 Å². The molecule has 0 unspecified atom stereocenters. The molecule has 0 atom stereocenters. The summed E-state index contributed by atoms with van der Waals surface area (Å²) in [6.07, 6.45) is -3.07. The van der Waals surface area contributed by atoms with Crippen LogP contribution in [-0.4, -0.2) is 29.3 Å². The molecule has 0 aromatic carbocycles. The summed E-state index contributed by atoms with van der Waals surface area (Å²) in [4.78, 5) is 9.75. The zero-order valence-corrected chi connectivity index (χ0v) is 10.2. The Morgan fingerprint density at radius 1 is 1.53 bits per heavy atom. The number of rotatable bonds is 2. The van der Waals surface area contributed by atoms with E-state index in [-0.39, 0.29) is 5.84 Å². The minimum absolute atomic E-state index is 0.158. The zero-order valence-electron chi connectivity index (χ0n) is 8.54. The predicted octanol–water partition coefficient (Wildman–Crippen LogP) is 2.39. The SMILES string of the molecule is CSc1ccc(C(=N)N)s1.O=C(O)C(F)(F)F. The zero-order chi connectivity index (χ0) is 13.6. The Morgan fingerprint density at radius 3 is 2.18 bits per heavy atom. The molecule has 9 heteroatoms. The molecule has 0 saturated heterocycles. The van der Waals surface area contributed by atoms with Gasteiger partial charge in [-0.1, -0.05) is 0 Å². The predicted molar refractivity (Wildman–Crippen MR) is 60.8 cm³/mol. The molecule has 0 saturated carbocycles. The van der Waals surface area contributed by atoms with E-state index in [0.29, 0.717) is 0 Å². The number of alkyl halides is 3. The fourth-order valence-electron chi connectivity index (χ4n) is 0.575. The number of carboxylic acid groups (broad SMARTS) is 1. The number of hydrogen-bond donors (Lipinski definition) is 3. The number of carbonyl (C=O) groups is 1. The van der Waals surface area contributed by atoms with Gasteiger partial charge in [0.1, 0.15) is 5.84 Å². The molecule has 1 aromatic rings. The van der Waals surface area contributed by atoms with E-state index in [0.717, 1.165) is 4.88 Å². The maximum atomic E-state index is 10.6. The fourth-order valence-corrected chi connectivity index (χ4v) is 1.98. The summed E-state index contributed by atoms with van der Waals surface area (Å²) >= 11 is 3.23. The Balaban J connectivity index is 0.000000325. The number of halogens is 3. The monoisotopic (exact) mass is 286 g/mol. The van der Waals surface area contributed by atoms with Crippen molar-refractivity contribution in [2.75, 3.05) is 6.26 Å². The molecule has 1 heterocycles. The van der Waals surface area contributed by atoms with Crippen molar-refractivity contribution in [2.45, 2.75) is 10.4 Å². The van der Waals surface area contributed by atoms with E-state index < -0.39 is 12.1 Å². The van der Waals surface area contributed by atoms with Crippen molar-refractivity contribution in [1.29, 1.82) is 5.41 Å². The van der Waals surface area contributed by atoms with E-state index in [9.17, 15) is 13.2 Å². The number of aliphatic carboxylic acids is 1. The molecule has 4 N–H and O–H groups in total. The summed E-state index contributed by atoms with van der Waals surface area (Å²) in [6, 6.07) is 3.85. The molecule has 0 aliphatic heterocycles. The second-order valence-electron chi connectivity index (χ2n) is 2.54. The van der Waals surface area contributed by atoms with Gasteiger partial charge in [-0.25, -0.2) is 4.79 Å². The van der Waals surface area contributed by atoms with Crippen LogP contribution in [-0.2, 0) is 4.79 Å². The number of nitrogens with one attached hydrogen (secondary N) is 1. The molecular weight excluding hydrogens is 277 g/mol. The van der Waals surface area contributed by atoms with Gasteiger partial charge < -0.3 is 10.8 Å². The van der Waals surface area contributed by atoms with Crippen LogP contribution in [0.4, 0.5) is 13.2 Å². The minimum atomic E-state index is -5.08. The van der Waals surface area contributed by atoms with E-state index in [1.54, 1.807) is 23.1 Å². The summed E-state index contributed by atoms with van der Waals surface area (Å²) in [7, 11) is 0. The number of amidine groups is 1. The van der Waals surface area contributed by atoms with E-state index in [2.05, 4.69) is 0 Å². The van der Waals surface area contributed by atoms with E-state index in [1.807, 2.05) is 18.4 Å². The molecular formula is C8H9F3N2O2S2. The quantitative estimate of drug-likeness (QED) is 0.442. The van der Waals surface area contributed by atoms with Crippen LogP contribution in [0.1, 0.15) is 4.88 Å². The summed E-state index contributed by atoms with van der Waals surface area (Å²) in [5, 5.41) is 14.2. The Hall–Kier alpha value is -1.22. The molecule has 0 spiro atoms. The molecule has 1 rings (SSSR count). The lowest BCUT2D eigenvalue weighted by Gasteiger charge is -1.93. The van der Waals surface area contributed by atoms with Crippen molar-refractivity contribution in [3.63, 3.8) is 0 Å². The van der Waals surface area contributed by atoms with E-state index in [1.165, 1.54) is 4.21 Å². The first-order valence-corrected chi connectivity index (χ1v) is 6.01.